The average Bonchev–Trinajstić information content (AvgIpc) is 2.70. The van der Waals surface area contributed by atoms with Crippen LogP contribution in [0.15, 0.2) is 42.5 Å². The first-order chi connectivity index (χ1) is 12.7. The van der Waals surface area contributed by atoms with Gasteiger partial charge < -0.3 is 14.4 Å². The summed E-state index contributed by atoms with van der Waals surface area (Å²) in [5.41, 5.74) is 1.07. The number of methoxy groups -OCH3 is 1. The Morgan fingerprint density at radius 1 is 1.19 bits per heavy atom. The molecule has 1 aliphatic rings. The van der Waals surface area contributed by atoms with E-state index in [1.165, 1.54) is 0 Å². The Bertz CT molecular complexity index is 706. The van der Waals surface area contributed by atoms with Gasteiger partial charge in [-0.1, -0.05) is 37.3 Å². The van der Waals surface area contributed by atoms with E-state index in [1.807, 2.05) is 35.2 Å². The molecule has 2 unspecified atom stereocenters. The number of ether oxygens (including phenoxy) is 2. The number of carbonyl (C=O) groups excluding carboxylic acids is 1. The number of carbonyl (C=O) groups is 1. The van der Waals surface area contributed by atoms with Crippen LogP contribution in [0.5, 0.6) is 11.8 Å². The summed E-state index contributed by atoms with van der Waals surface area (Å²) in [5, 5.41) is 7.93. The maximum Gasteiger partial charge on any atom is 0.233 e. The number of aromatic nitrogens is 2. The monoisotopic (exact) mass is 355 g/mol. The van der Waals surface area contributed by atoms with Gasteiger partial charge in [0.2, 0.25) is 17.7 Å². The lowest BCUT2D eigenvalue weighted by Crippen LogP contribution is -2.46. The molecule has 0 saturated carbocycles. The molecule has 1 aliphatic heterocycles. The molecule has 6 heteroatoms. The topological polar surface area (TPSA) is 64.6 Å². The second-order valence-electron chi connectivity index (χ2n) is 6.45. The lowest BCUT2D eigenvalue weighted by Gasteiger charge is -2.34. The van der Waals surface area contributed by atoms with Crippen LogP contribution in [0, 0.1) is 0 Å². The van der Waals surface area contributed by atoms with Crippen molar-refractivity contribution in [2.24, 2.45) is 0 Å². The Kier molecular flexibility index (Phi) is 6.04. The SMILES string of the molecule is CCC(C(=O)N1CCCC(Oc2ccc(OC)nn2)C1)c1ccccc1. The molecule has 0 bridgehead atoms. The Morgan fingerprint density at radius 3 is 2.58 bits per heavy atom. The van der Waals surface area contributed by atoms with Crippen molar-refractivity contribution >= 4 is 5.91 Å². The minimum Gasteiger partial charge on any atom is -0.480 e. The molecule has 1 amide bonds. The van der Waals surface area contributed by atoms with Crippen LogP contribution in [0.3, 0.4) is 0 Å². The molecule has 0 N–H and O–H groups in total. The highest BCUT2D eigenvalue weighted by atomic mass is 16.5. The Labute approximate surface area is 154 Å². The van der Waals surface area contributed by atoms with Gasteiger partial charge in [0.15, 0.2) is 0 Å². The van der Waals surface area contributed by atoms with Crippen molar-refractivity contribution < 1.29 is 14.3 Å². The molecule has 0 aliphatic carbocycles. The number of nitrogens with zero attached hydrogens (tertiary/aromatic N) is 3. The predicted octanol–water partition coefficient (Wildman–Crippen LogP) is 3.05. The van der Waals surface area contributed by atoms with Gasteiger partial charge in [-0.2, -0.15) is 0 Å². The van der Waals surface area contributed by atoms with Gasteiger partial charge in [0.25, 0.3) is 0 Å². The summed E-state index contributed by atoms with van der Waals surface area (Å²) in [7, 11) is 1.55. The molecular formula is C20H25N3O3. The van der Waals surface area contributed by atoms with Crippen LogP contribution in [0.4, 0.5) is 0 Å². The first-order valence-corrected chi connectivity index (χ1v) is 9.09. The molecule has 3 rings (SSSR count). The number of hydrogen-bond acceptors (Lipinski definition) is 5. The van der Waals surface area contributed by atoms with Crippen molar-refractivity contribution in [1.82, 2.24) is 15.1 Å². The summed E-state index contributed by atoms with van der Waals surface area (Å²) in [6.07, 6.45) is 2.54. The Morgan fingerprint density at radius 2 is 1.92 bits per heavy atom. The third kappa shape index (κ3) is 4.31. The van der Waals surface area contributed by atoms with Gasteiger partial charge in [0.05, 0.1) is 19.6 Å². The standard InChI is InChI=1S/C20H25N3O3/c1-3-17(15-8-5-4-6-9-15)20(24)23-13-7-10-16(14-23)26-19-12-11-18(25-2)21-22-19/h4-6,8-9,11-12,16-17H,3,7,10,13-14H2,1-2H3. The van der Waals surface area contributed by atoms with Crippen molar-refractivity contribution in [3.8, 4) is 11.8 Å². The van der Waals surface area contributed by atoms with E-state index in [0.29, 0.717) is 18.3 Å². The molecule has 6 nitrogen and oxygen atoms in total. The average molecular weight is 355 g/mol. The Hall–Kier alpha value is -2.63. The lowest BCUT2D eigenvalue weighted by molar-refractivity contribution is -0.135. The molecule has 2 aromatic rings. The van der Waals surface area contributed by atoms with Gasteiger partial charge >= 0.3 is 0 Å². The molecule has 1 aromatic carbocycles. The van der Waals surface area contributed by atoms with E-state index < -0.39 is 0 Å². The summed E-state index contributed by atoms with van der Waals surface area (Å²) in [5.74, 6) is 0.982. The van der Waals surface area contributed by atoms with Crippen molar-refractivity contribution in [3.05, 3.63) is 48.0 Å². The summed E-state index contributed by atoms with van der Waals surface area (Å²) in [6.45, 7) is 3.41. The van der Waals surface area contributed by atoms with Gasteiger partial charge in [-0.15, -0.1) is 10.2 Å². The second-order valence-corrected chi connectivity index (χ2v) is 6.45. The molecule has 2 atom stereocenters. The number of amides is 1. The maximum absolute atomic E-state index is 13.0. The van der Waals surface area contributed by atoms with Gasteiger partial charge in [0, 0.05) is 18.7 Å². The van der Waals surface area contributed by atoms with E-state index in [2.05, 4.69) is 17.1 Å². The molecule has 1 saturated heterocycles. The fraction of sp³-hybridized carbons (Fsp3) is 0.450. The number of benzene rings is 1. The fourth-order valence-electron chi connectivity index (χ4n) is 3.34. The van der Waals surface area contributed by atoms with Crippen LogP contribution in [-0.4, -0.2) is 47.3 Å². The van der Waals surface area contributed by atoms with Crippen molar-refractivity contribution in [3.63, 3.8) is 0 Å². The zero-order chi connectivity index (χ0) is 18.4. The normalized spacial score (nSPS) is 18.2. The zero-order valence-electron chi connectivity index (χ0n) is 15.3. The van der Waals surface area contributed by atoms with Crippen LogP contribution in [-0.2, 0) is 4.79 Å². The van der Waals surface area contributed by atoms with Crippen LogP contribution in [0.25, 0.3) is 0 Å². The number of likely N-dealkylation sites (tertiary alicyclic amines) is 1. The van der Waals surface area contributed by atoms with E-state index in [0.717, 1.165) is 31.4 Å². The number of rotatable bonds is 6. The first kappa shape index (κ1) is 18.2. The number of hydrogen-bond donors (Lipinski definition) is 0. The quantitative estimate of drug-likeness (QED) is 0.797. The van der Waals surface area contributed by atoms with Crippen LogP contribution in [0.2, 0.25) is 0 Å². The van der Waals surface area contributed by atoms with E-state index in [1.54, 1.807) is 19.2 Å². The van der Waals surface area contributed by atoms with Gasteiger partial charge in [-0.3, -0.25) is 4.79 Å². The first-order valence-electron chi connectivity index (χ1n) is 9.09. The highest BCUT2D eigenvalue weighted by Crippen LogP contribution is 2.25. The molecule has 138 valence electrons. The van der Waals surface area contributed by atoms with Crippen LogP contribution >= 0.6 is 0 Å². The third-order valence-corrected chi connectivity index (χ3v) is 4.71. The molecule has 1 aromatic heterocycles. The minimum atomic E-state index is -0.101. The smallest absolute Gasteiger partial charge is 0.233 e. The molecule has 0 spiro atoms. The van der Waals surface area contributed by atoms with E-state index in [4.69, 9.17) is 9.47 Å². The van der Waals surface area contributed by atoms with Gasteiger partial charge in [-0.05, 0) is 24.8 Å². The fourth-order valence-corrected chi connectivity index (χ4v) is 3.34. The third-order valence-electron chi connectivity index (χ3n) is 4.71. The predicted molar refractivity (Wildman–Crippen MR) is 98.3 cm³/mol. The molecule has 0 radical (unpaired) electrons. The highest BCUT2D eigenvalue weighted by Gasteiger charge is 2.30. The van der Waals surface area contributed by atoms with Gasteiger partial charge in [-0.25, -0.2) is 0 Å². The Balaban J connectivity index is 1.64. The van der Waals surface area contributed by atoms with Crippen LogP contribution in [0.1, 0.15) is 37.7 Å². The highest BCUT2D eigenvalue weighted by molar-refractivity contribution is 5.83. The lowest BCUT2D eigenvalue weighted by atomic mass is 9.94. The molecule has 26 heavy (non-hydrogen) atoms. The number of piperidine rings is 1. The zero-order valence-corrected chi connectivity index (χ0v) is 15.3. The van der Waals surface area contributed by atoms with E-state index in [9.17, 15) is 4.79 Å². The van der Waals surface area contributed by atoms with E-state index in [-0.39, 0.29) is 17.9 Å². The molecule has 2 heterocycles. The summed E-state index contributed by atoms with van der Waals surface area (Å²) < 4.78 is 10.9. The maximum atomic E-state index is 13.0. The van der Waals surface area contributed by atoms with Gasteiger partial charge in [0.1, 0.15) is 6.10 Å². The van der Waals surface area contributed by atoms with Crippen molar-refractivity contribution in [1.29, 1.82) is 0 Å². The second kappa shape index (κ2) is 8.65. The van der Waals surface area contributed by atoms with E-state index >= 15 is 0 Å². The minimum absolute atomic E-state index is 0.0660. The molecule has 1 fully saturated rings. The molecular weight excluding hydrogens is 330 g/mol. The van der Waals surface area contributed by atoms with Crippen LogP contribution < -0.4 is 9.47 Å². The summed E-state index contributed by atoms with van der Waals surface area (Å²) in [6, 6.07) is 13.4. The summed E-state index contributed by atoms with van der Waals surface area (Å²) >= 11 is 0. The van der Waals surface area contributed by atoms with Crippen molar-refractivity contribution in [2.45, 2.75) is 38.2 Å². The summed E-state index contributed by atoms with van der Waals surface area (Å²) in [4.78, 5) is 15.0. The largest absolute Gasteiger partial charge is 0.480 e. The van der Waals surface area contributed by atoms with Crippen molar-refractivity contribution in [2.75, 3.05) is 20.2 Å².